The summed E-state index contributed by atoms with van der Waals surface area (Å²) in [5.74, 6) is 0.898. The minimum atomic E-state index is -0.180. The van der Waals surface area contributed by atoms with E-state index in [-0.39, 0.29) is 17.7 Å². The van der Waals surface area contributed by atoms with Crippen molar-refractivity contribution in [3.05, 3.63) is 29.3 Å². The fourth-order valence-electron chi connectivity index (χ4n) is 2.63. The topological polar surface area (TPSA) is 52.6 Å². The van der Waals surface area contributed by atoms with E-state index in [1.54, 1.807) is 20.1 Å². The summed E-state index contributed by atoms with van der Waals surface area (Å²) in [5, 5.41) is 0. The molecule has 0 aromatic heterocycles. The van der Waals surface area contributed by atoms with E-state index in [2.05, 4.69) is 0 Å². The highest BCUT2D eigenvalue weighted by Crippen LogP contribution is 2.30. The van der Waals surface area contributed by atoms with Crippen LogP contribution in [-0.2, 0) is 16.0 Å². The second-order valence-corrected chi connectivity index (χ2v) is 5.06. The lowest BCUT2D eigenvalue weighted by molar-refractivity contribution is -0.143. The number of benzene rings is 1. The summed E-state index contributed by atoms with van der Waals surface area (Å²) in [6.07, 6.45) is 2.43. The molecule has 108 valence electrons. The number of rotatable bonds is 5. The molecule has 4 nitrogen and oxygen atoms in total. The monoisotopic (exact) mass is 276 g/mol. The van der Waals surface area contributed by atoms with Crippen molar-refractivity contribution >= 4 is 11.8 Å². The van der Waals surface area contributed by atoms with E-state index < -0.39 is 0 Å². The van der Waals surface area contributed by atoms with Crippen LogP contribution >= 0.6 is 0 Å². The van der Waals surface area contributed by atoms with Gasteiger partial charge in [0.1, 0.15) is 5.75 Å². The Labute approximate surface area is 119 Å². The number of carbonyl (C=O) groups excluding carboxylic acids is 2. The van der Waals surface area contributed by atoms with Crippen molar-refractivity contribution in [2.45, 2.75) is 32.6 Å². The summed E-state index contributed by atoms with van der Waals surface area (Å²) in [6, 6.07) is 5.63. The van der Waals surface area contributed by atoms with E-state index in [1.165, 1.54) is 0 Å². The Morgan fingerprint density at radius 3 is 2.85 bits per heavy atom. The highest BCUT2D eigenvalue weighted by molar-refractivity contribution is 5.99. The molecule has 1 atom stereocenters. The van der Waals surface area contributed by atoms with Crippen molar-refractivity contribution < 1.29 is 19.1 Å². The first kappa shape index (κ1) is 14.6. The van der Waals surface area contributed by atoms with Crippen LogP contribution in [0.4, 0.5) is 0 Å². The van der Waals surface area contributed by atoms with Crippen molar-refractivity contribution in [1.29, 1.82) is 0 Å². The summed E-state index contributed by atoms with van der Waals surface area (Å²) < 4.78 is 10.1. The predicted octanol–water partition coefficient (Wildman–Crippen LogP) is 2.78. The molecule has 0 spiro atoms. The van der Waals surface area contributed by atoms with Crippen molar-refractivity contribution in [2.75, 3.05) is 13.7 Å². The Hall–Kier alpha value is -1.84. The standard InChI is InChI=1S/C16H20O4/c1-3-20-16(18)7-4-11-8-12-5-6-13(19-2)10-14(12)15(17)9-11/h5-6,10-11H,3-4,7-9H2,1-2H3/t11-/m1/s1. The smallest absolute Gasteiger partial charge is 0.305 e. The Bertz CT molecular complexity index is 507. The fraction of sp³-hybridized carbons (Fsp3) is 0.500. The SMILES string of the molecule is CCOC(=O)CC[C@H]1CC(=O)c2cc(OC)ccc2C1. The van der Waals surface area contributed by atoms with Crippen LogP contribution < -0.4 is 4.74 Å². The number of Topliss-reactive ketones (excluding diaryl/α,β-unsaturated/α-hetero) is 1. The summed E-state index contributed by atoms with van der Waals surface area (Å²) >= 11 is 0. The number of fused-ring (bicyclic) bond motifs is 1. The molecule has 20 heavy (non-hydrogen) atoms. The number of methoxy groups -OCH3 is 1. The molecule has 1 aromatic carbocycles. The van der Waals surface area contributed by atoms with E-state index in [4.69, 9.17) is 9.47 Å². The first-order valence-corrected chi connectivity index (χ1v) is 6.99. The number of hydrogen-bond donors (Lipinski definition) is 0. The number of ketones is 1. The molecule has 0 radical (unpaired) electrons. The number of hydrogen-bond acceptors (Lipinski definition) is 4. The van der Waals surface area contributed by atoms with Gasteiger partial charge < -0.3 is 9.47 Å². The van der Waals surface area contributed by atoms with Crippen LogP contribution in [0.2, 0.25) is 0 Å². The Morgan fingerprint density at radius 1 is 1.35 bits per heavy atom. The summed E-state index contributed by atoms with van der Waals surface area (Å²) in [6.45, 7) is 2.21. The molecular weight excluding hydrogens is 256 g/mol. The Balaban J connectivity index is 2.01. The summed E-state index contributed by atoms with van der Waals surface area (Å²) in [5.41, 5.74) is 1.81. The fourth-order valence-corrected chi connectivity index (χ4v) is 2.63. The maximum absolute atomic E-state index is 12.2. The van der Waals surface area contributed by atoms with Crippen LogP contribution in [0.15, 0.2) is 18.2 Å². The second kappa shape index (κ2) is 6.55. The van der Waals surface area contributed by atoms with Crippen LogP contribution in [0.25, 0.3) is 0 Å². The van der Waals surface area contributed by atoms with Gasteiger partial charge in [0.05, 0.1) is 13.7 Å². The second-order valence-electron chi connectivity index (χ2n) is 5.06. The molecule has 0 N–H and O–H groups in total. The maximum Gasteiger partial charge on any atom is 0.305 e. The molecule has 1 aromatic rings. The lowest BCUT2D eigenvalue weighted by atomic mass is 9.81. The number of esters is 1. The molecule has 2 rings (SSSR count). The van der Waals surface area contributed by atoms with Gasteiger partial charge in [-0.1, -0.05) is 6.07 Å². The van der Waals surface area contributed by atoms with Crippen LogP contribution in [0.1, 0.15) is 42.1 Å². The molecule has 0 unspecified atom stereocenters. The van der Waals surface area contributed by atoms with Gasteiger partial charge in [0.15, 0.2) is 5.78 Å². The third-order valence-corrected chi connectivity index (χ3v) is 3.66. The van der Waals surface area contributed by atoms with Crippen LogP contribution in [0.3, 0.4) is 0 Å². The van der Waals surface area contributed by atoms with Gasteiger partial charge in [-0.05, 0) is 43.4 Å². The van der Waals surface area contributed by atoms with Crippen molar-refractivity contribution in [1.82, 2.24) is 0 Å². The zero-order valence-corrected chi connectivity index (χ0v) is 12.0. The van der Waals surface area contributed by atoms with E-state index in [0.717, 1.165) is 17.5 Å². The van der Waals surface area contributed by atoms with Crippen molar-refractivity contribution in [3.63, 3.8) is 0 Å². The third-order valence-electron chi connectivity index (χ3n) is 3.66. The Morgan fingerprint density at radius 2 is 2.15 bits per heavy atom. The molecule has 0 saturated carbocycles. The van der Waals surface area contributed by atoms with Gasteiger partial charge in [0.25, 0.3) is 0 Å². The van der Waals surface area contributed by atoms with Crippen LogP contribution in [-0.4, -0.2) is 25.5 Å². The van der Waals surface area contributed by atoms with Gasteiger partial charge >= 0.3 is 5.97 Å². The lowest BCUT2D eigenvalue weighted by Gasteiger charge is -2.23. The molecule has 0 aliphatic heterocycles. The molecule has 0 heterocycles. The summed E-state index contributed by atoms with van der Waals surface area (Å²) in [7, 11) is 1.59. The third kappa shape index (κ3) is 3.38. The van der Waals surface area contributed by atoms with Crippen molar-refractivity contribution in [2.24, 2.45) is 5.92 Å². The molecule has 1 aliphatic carbocycles. The molecule has 4 heteroatoms. The highest BCUT2D eigenvalue weighted by atomic mass is 16.5. The van der Waals surface area contributed by atoms with Gasteiger partial charge in [-0.25, -0.2) is 0 Å². The average Bonchev–Trinajstić information content (AvgIpc) is 2.45. The Kier molecular flexibility index (Phi) is 4.77. The highest BCUT2D eigenvalue weighted by Gasteiger charge is 2.25. The first-order chi connectivity index (χ1) is 9.63. The van der Waals surface area contributed by atoms with E-state index in [9.17, 15) is 9.59 Å². The molecular formula is C16H20O4. The zero-order chi connectivity index (χ0) is 14.5. The largest absolute Gasteiger partial charge is 0.497 e. The normalized spacial score (nSPS) is 17.5. The number of ether oxygens (including phenoxy) is 2. The molecule has 0 saturated heterocycles. The zero-order valence-electron chi connectivity index (χ0n) is 12.0. The number of carbonyl (C=O) groups is 2. The van der Waals surface area contributed by atoms with Crippen molar-refractivity contribution in [3.8, 4) is 5.75 Å². The first-order valence-electron chi connectivity index (χ1n) is 6.99. The van der Waals surface area contributed by atoms with Gasteiger partial charge in [-0.15, -0.1) is 0 Å². The molecule has 0 amide bonds. The molecule has 1 aliphatic rings. The van der Waals surface area contributed by atoms with E-state index in [1.807, 2.05) is 12.1 Å². The van der Waals surface area contributed by atoms with Gasteiger partial charge in [0, 0.05) is 18.4 Å². The lowest BCUT2D eigenvalue weighted by Crippen LogP contribution is -2.21. The quantitative estimate of drug-likeness (QED) is 0.776. The molecule has 0 fully saturated rings. The molecule has 0 bridgehead atoms. The average molecular weight is 276 g/mol. The minimum Gasteiger partial charge on any atom is -0.497 e. The van der Waals surface area contributed by atoms with Crippen LogP contribution in [0, 0.1) is 5.92 Å². The van der Waals surface area contributed by atoms with E-state index >= 15 is 0 Å². The van der Waals surface area contributed by atoms with Crippen LogP contribution in [0.5, 0.6) is 5.75 Å². The summed E-state index contributed by atoms with van der Waals surface area (Å²) in [4.78, 5) is 23.5. The predicted molar refractivity (Wildman–Crippen MR) is 75.0 cm³/mol. The van der Waals surface area contributed by atoms with E-state index in [0.29, 0.717) is 31.6 Å². The van der Waals surface area contributed by atoms with Gasteiger partial charge in [-0.3, -0.25) is 9.59 Å². The van der Waals surface area contributed by atoms with Gasteiger partial charge in [-0.2, -0.15) is 0 Å². The maximum atomic E-state index is 12.2. The minimum absolute atomic E-state index is 0.138. The van der Waals surface area contributed by atoms with Gasteiger partial charge in [0.2, 0.25) is 0 Å².